The van der Waals surface area contributed by atoms with Crippen LogP contribution in [0.25, 0.3) is 0 Å². The number of hydrogen-bond donors (Lipinski definition) is 0. The van der Waals surface area contributed by atoms with E-state index in [9.17, 15) is 26.3 Å². The van der Waals surface area contributed by atoms with Gasteiger partial charge >= 0.3 is 6.18 Å². The molecule has 0 heterocycles. The molecule has 0 saturated carbocycles. The van der Waals surface area contributed by atoms with E-state index >= 15 is 0 Å². The third-order valence-electron chi connectivity index (χ3n) is 2.18. The number of nitrogens with zero attached hydrogens (tertiary/aromatic N) is 1. The molecule has 0 aromatic heterocycles. The van der Waals surface area contributed by atoms with Crippen LogP contribution in [0.5, 0.6) is 0 Å². The molecule has 1 aromatic rings. The lowest BCUT2D eigenvalue weighted by molar-refractivity contribution is -0.142. The summed E-state index contributed by atoms with van der Waals surface area (Å²) in [5.74, 6) is -5.62. The van der Waals surface area contributed by atoms with Crippen molar-refractivity contribution in [3.05, 3.63) is 34.6 Å². The Hall–Kier alpha value is -1.71. The molecule has 1 nitrogen and oxygen atoms in total. The highest BCUT2D eigenvalue weighted by molar-refractivity contribution is 5.39. The zero-order chi connectivity index (χ0) is 14.1. The summed E-state index contributed by atoms with van der Waals surface area (Å²) in [6.07, 6.45) is -5.60. The minimum atomic E-state index is -5.11. The van der Waals surface area contributed by atoms with E-state index < -0.39 is 35.5 Å². The summed E-state index contributed by atoms with van der Waals surface area (Å²) in [6.45, 7) is 0.185. The van der Waals surface area contributed by atoms with Crippen LogP contribution >= 0.6 is 0 Å². The fraction of sp³-hybridized carbons (Fsp3) is 0.364. The van der Waals surface area contributed by atoms with Gasteiger partial charge in [-0.3, -0.25) is 0 Å². The second-order valence-electron chi connectivity index (χ2n) is 3.72. The fourth-order valence-electron chi connectivity index (χ4n) is 1.53. The predicted octanol–water partition coefficient (Wildman–Crippen LogP) is 4.02. The maximum atomic E-state index is 13.4. The molecule has 0 fully saturated rings. The molecule has 0 atom stereocenters. The van der Waals surface area contributed by atoms with Crippen molar-refractivity contribution in [1.29, 1.82) is 5.26 Å². The summed E-state index contributed by atoms with van der Waals surface area (Å²) in [5.41, 5.74) is -3.74. The third kappa shape index (κ3) is 2.94. The first-order chi connectivity index (χ1) is 8.07. The second-order valence-corrected chi connectivity index (χ2v) is 3.72. The van der Waals surface area contributed by atoms with Crippen LogP contribution in [0.3, 0.4) is 0 Å². The smallest absolute Gasteiger partial charge is 0.206 e. The monoisotopic (exact) mass is 267 g/mol. The van der Waals surface area contributed by atoms with E-state index in [4.69, 9.17) is 5.26 Å². The van der Waals surface area contributed by atoms with Gasteiger partial charge in [0.05, 0.1) is 23.6 Å². The van der Waals surface area contributed by atoms with Gasteiger partial charge in [-0.1, -0.05) is 0 Å². The van der Waals surface area contributed by atoms with Gasteiger partial charge in [-0.15, -0.1) is 0 Å². The fourth-order valence-corrected chi connectivity index (χ4v) is 1.53. The van der Waals surface area contributed by atoms with Crippen molar-refractivity contribution in [2.45, 2.75) is 25.4 Å². The van der Waals surface area contributed by atoms with Gasteiger partial charge in [-0.25, -0.2) is 13.2 Å². The molecule has 0 radical (unpaired) electrons. The number of alkyl halides is 5. The van der Waals surface area contributed by atoms with Crippen molar-refractivity contribution in [1.82, 2.24) is 0 Å². The van der Waals surface area contributed by atoms with Crippen LogP contribution in [-0.4, -0.2) is 0 Å². The first kappa shape index (κ1) is 14.4. The van der Waals surface area contributed by atoms with E-state index in [1.165, 1.54) is 6.07 Å². The first-order valence-corrected chi connectivity index (χ1v) is 4.72. The van der Waals surface area contributed by atoms with Gasteiger partial charge in [0.2, 0.25) is 0 Å². The Bertz CT molecular complexity index is 492. The molecular weight excluding hydrogens is 260 g/mol. The standard InChI is InChI=1S/C11H7F6N/c1-10(13,14)9-7(11(15,16)17)4-6(2-3-18)5-8(9)12/h4-5H,2H2,1H3. The summed E-state index contributed by atoms with van der Waals surface area (Å²) in [4.78, 5) is 0. The maximum Gasteiger partial charge on any atom is 0.417 e. The molecule has 0 saturated heterocycles. The maximum absolute atomic E-state index is 13.4. The van der Waals surface area contributed by atoms with Crippen LogP contribution in [0.4, 0.5) is 26.3 Å². The van der Waals surface area contributed by atoms with Gasteiger partial charge in [0.1, 0.15) is 5.82 Å². The predicted molar refractivity (Wildman–Crippen MR) is 50.3 cm³/mol. The molecule has 98 valence electrons. The van der Waals surface area contributed by atoms with Gasteiger partial charge in [0.15, 0.2) is 0 Å². The van der Waals surface area contributed by atoms with Crippen molar-refractivity contribution in [2.75, 3.05) is 0 Å². The summed E-state index contributed by atoms with van der Waals surface area (Å²) in [5, 5.41) is 8.33. The lowest BCUT2D eigenvalue weighted by Gasteiger charge is -2.19. The van der Waals surface area contributed by atoms with Crippen LogP contribution in [0.1, 0.15) is 23.6 Å². The normalized spacial score (nSPS) is 12.3. The highest BCUT2D eigenvalue weighted by Crippen LogP contribution is 2.41. The molecule has 1 rings (SSSR count). The number of hydrogen-bond acceptors (Lipinski definition) is 1. The van der Waals surface area contributed by atoms with Crippen LogP contribution in [0.2, 0.25) is 0 Å². The van der Waals surface area contributed by atoms with Crippen LogP contribution in [-0.2, 0) is 18.5 Å². The minimum Gasteiger partial charge on any atom is -0.206 e. The largest absolute Gasteiger partial charge is 0.417 e. The van der Waals surface area contributed by atoms with Gasteiger partial charge in [0, 0.05) is 6.92 Å². The molecule has 7 heteroatoms. The Balaban J connectivity index is 3.57. The van der Waals surface area contributed by atoms with E-state index in [1.54, 1.807) is 0 Å². The molecule has 1 aromatic carbocycles. The summed E-state index contributed by atoms with van der Waals surface area (Å²) < 4.78 is 77.2. The molecule has 0 bridgehead atoms. The number of halogens is 6. The number of benzene rings is 1. The molecular formula is C11H7F6N. The summed E-state index contributed by atoms with van der Waals surface area (Å²) in [6, 6.07) is 2.42. The Kier molecular flexibility index (Phi) is 3.60. The van der Waals surface area contributed by atoms with E-state index in [1.807, 2.05) is 0 Å². The van der Waals surface area contributed by atoms with Crippen molar-refractivity contribution in [3.63, 3.8) is 0 Å². The molecule has 0 aliphatic carbocycles. The zero-order valence-corrected chi connectivity index (χ0v) is 9.08. The molecule has 0 aliphatic heterocycles. The average molecular weight is 267 g/mol. The highest BCUT2D eigenvalue weighted by Gasteiger charge is 2.42. The van der Waals surface area contributed by atoms with Crippen LogP contribution in [0, 0.1) is 17.1 Å². The van der Waals surface area contributed by atoms with E-state index in [2.05, 4.69) is 0 Å². The molecule has 0 spiro atoms. The van der Waals surface area contributed by atoms with Crippen molar-refractivity contribution < 1.29 is 26.3 Å². The number of nitriles is 1. The van der Waals surface area contributed by atoms with E-state index in [0.29, 0.717) is 12.1 Å². The third-order valence-corrected chi connectivity index (χ3v) is 2.18. The quantitative estimate of drug-likeness (QED) is 0.742. The van der Waals surface area contributed by atoms with E-state index in [-0.39, 0.29) is 12.5 Å². The van der Waals surface area contributed by atoms with Crippen molar-refractivity contribution >= 4 is 0 Å². The average Bonchev–Trinajstić information content (AvgIpc) is 2.13. The number of rotatable bonds is 2. The SMILES string of the molecule is CC(F)(F)c1c(F)cc(CC#N)cc1C(F)(F)F. The molecule has 18 heavy (non-hydrogen) atoms. The van der Waals surface area contributed by atoms with Gasteiger partial charge < -0.3 is 0 Å². The van der Waals surface area contributed by atoms with Gasteiger partial charge in [-0.2, -0.15) is 18.4 Å². The van der Waals surface area contributed by atoms with Crippen molar-refractivity contribution in [3.8, 4) is 6.07 Å². The molecule has 0 aliphatic rings. The van der Waals surface area contributed by atoms with Crippen LogP contribution < -0.4 is 0 Å². The second kappa shape index (κ2) is 4.52. The summed E-state index contributed by atoms with van der Waals surface area (Å²) >= 11 is 0. The Morgan fingerprint density at radius 1 is 1.17 bits per heavy atom. The Labute approximate surface area is 98.6 Å². The topological polar surface area (TPSA) is 23.8 Å². The Morgan fingerprint density at radius 3 is 2.11 bits per heavy atom. The first-order valence-electron chi connectivity index (χ1n) is 4.72. The summed E-state index contributed by atoms with van der Waals surface area (Å²) in [7, 11) is 0. The minimum absolute atomic E-state index is 0.185. The highest BCUT2D eigenvalue weighted by atomic mass is 19.4. The van der Waals surface area contributed by atoms with Gasteiger partial charge in [-0.05, 0) is 17.7 Å². The molecule has 0 N–H and O–H groups in total. The van der Waals surface area contributed by atoms with Gasteiger partial charge in [0.25, 0.3) is 5.92 Å². The lowest BCUT2D eigenvalue weighted by atomic mass is 9.97. The van der Waals surface area contributed by atoms with E-state index in [0.717, 1.165) is 0 Å². The molecule has 0 unspecified atom stereocenters. The zero-order valence-electron chi connectivity index (χ0n) is 9.08. The van der Waals surface area contributed by atoms with Crippen molar-refractivity contribution in [2.24, 2.45) is 0 Å². The Morgan fingerprint density at radius 2 is 1.72 bits per heavy atom. The lowest BCUT2D eigenvalue weighted by Crippen LogP contribution is -2.20. The van der Waals surface area contributed by atoms with Crippen LogP contribution in [0.15, 0.2) is 12.1 Å². The molecule has 0 amide bonds.